The molecule has 1 aromatic carbocycles. The molecule has 142 valence electrons. The molecule has 2 aliphatic heterocycles. The predicted molar refractivity (Wildman–Crippen MR) is 105 cm³/mol. The molecule has 0 unspecified atom stereocenters. The van der Waals surface area contributed by atoms with Crippen LogP contribution >= 0.6 is 11.8 Å². The highest BCUT2D eigenvalue weighted by atomic mass is 32.2. The third-order valence-electron chi connectivity index (χ3n) is 5.32. The van der Waals surface area contributed by atoms with Crippen LogP contribution in [0, 0.1) is 13.8 Å². The normalized spacial score (nSPS) is 19.3. The van der Waals surface area contributed by atoms with Crippen LogP contribution in [0.4, 0.5) is 10.5 Å². The van der Waals surface area contributed by atoms with Crippen molar-refractivity contribution in [2.24, 2.45) is 0 Å². The fourth-order valence-corrected chi connectivity index (χ4v) is 5.13. The molecule has 0 bridgehead atoms. The van der Waals surface area contributed by atoms with Crippen molar-refractivity contribution in [3.63, 3.8) is 0 Å². The number of hydrogen-bond donors (Lipinski definition) is 1. The summed E-state index contributed by atoms with van der Waals surface area (Å²) in [4.78, 5) is 28.6. The molecule has 3 rings (SSSR count). The second-order valence-electron chi connectivity index (χ2n) is 6.96. The van der Waals surface area contributed by atoms with E-state index >= 15 is 0 Å². The number of anilines is 1. The van der Waals surface area contributed by atoms with Gasteiger partial charge in [0.1, 0.15) is 0 Å². The van der Waals surface area contributed by atoms with Crippen LogP contribution in [0.15, 0.2) is 18.2 Å². The van der Waals surface area contributed by atoms with Gasteiger partial charge in [-0.1, -0.05) is 18.2 Å². The van der Waals surface area contributed by atoms with E-state index in [0.29, 0.717) is 32.0 Å². The summed E-state index contributed by atoms with van der Waals surface area (Å²) in [5, 5.41) is 3.06. The van der Waals surface area contributed by atoms with Crippen molar-refractivity contribution in [3.05, 3.63) is 29.3 Å². The standard InChI is InChI=1S/C19H27N3O3S/c1-14-5-4-6-15(2)17(14)20-18(24)21-9-7-19(8-10-21)22(11-12-25-3)16(23)13-26-19/h4-6H,7-13H2,1-3H3,(H,20,24). The van der Waals surface area contributed by atoms with Gasteiger partial charge in [-0.15, -0.1) is 11.8 Å². The molecule has 0 saturated carbocycles. The lowest BCUT2D eigenvalue weighted by atomic mass is 10.0. The number of likely N-dealkylation sites (tertiary alicyclic amines) is 1. The summed E-state index contributed by atoms with van der Waals surface area (Å²) >= 11 is 1.72. The quantitative estimate of drug-likeness (QED) is 0.876. The Morgan fingerprint density at radius 3 is 2.54 bits per heavy atom. The van der Waals surface area contributed by atoms with E-state index < -0.39 is 0 Å². The molecule has 1 spiro atoms. The van der Waals surface area contributed by atoms with E-state index in [1.807, 2.05) is 41.8 Å². The number of carbonyl (C=O) groups is 2. The first-order valence-corrected chi connectivity index (χ1v) is 10.0. The smallest absolute Gasteiger partial charge is 0.321 e. The van der Waals surface area contributed by atoms with E-state index in [4.69, 9.17) is 4.74 Å². The molecule has 1 N–H and O–H groups in total. The minimum atomic E-state index is -0.176. The molecule has 2 fully saturated rings. The van der Waals surface area contributed by atoms with Crippen molar-refractivity contribution >= 4 is 29.4 Å². The average Bonchev–Trinajstić information content (AvgIpc) is 2.92. The van der Waals surface area contributed by atoms with Crippen molar-refractivity contribution in [2.75, 3.05) is 44.4 Å². The van der Waals surface area contributed by atoms with Crippen molar-refractivity contribution in [2.45, 2.75) is 31.6 Å². The summed E-state index contributed by atoms with van der Waals surface area (Å²) in [5.41, 5.74) is 3.02. The van der Waals surface area contributed by atoms with Gasteiger partial charge in [0.25, 0.3) is 0 Å². The predicted octanol–water partition coefficient (Wildman–Crippen LogP) is 2.85. The maximum Gasteiger partial charge on any atom is 0.321 e. The number of hydrogen-bond acceptors (Lipinski definition) is 4. The molecular weight excluding hydrogens is 350 g/mol. The lowest BCUT2D eigenvalue weighted by Gasteiger charge is -2.44. The summed E-state index contributed by atoms with van der Waals surface area (Å²) in [7, 11) is 1.65. The summed E-state index contributed by atoms with van der Waals surface area (Å²) < 4.78 is 5.16. The zero-order valence-corrected chi connectivity index (χ0v) is 16.5. The van der Waals surface area contributed by atoms with Crippen LogP contribution in [0.5, 0.6) is 0 Å². The van der Waals surface area contributed by atoms with Crippen LogP contribution in [-0.2, 0) is 9.53 Å². The first kappa shape index (κ1) is 19.0. The first-order chi connectivity index (χ1) is 12.5. The molecule has 2 saturated heterocycles. The minimum Gasteiger partial charge on any atom is -0.383 e. The first-order valence-electron chi connectivity index (χ1n) is 9.02. The highest BCUT2D eigenvalue weighted by Crippen LogP contribution is 2.44. The number of nitrogens with zero attached hydrogens (tertiary/aromatic N) is 2. The summed E-state index contributed by atoms with van der Waals surface area (Å²) in [6.07, 6.45) is 1.60. The Morgan fingerprint density at radius 2 is 1.92 bits per heavy atom. The molecule has 0 aliphatic carbocycles. The Labute approximate surface area is 159 Å². The van der Waals surface area contributed by atoms with E-state index in [1.165, 1.54) is 0 Å². The number of benzene rings is 1. The molecule has 0 aromatic heterocycles. The Morgan fingerprint density at radius 1 is 1.27 bits per heavy atom. The number of carbonyl (C=O) groups excluding carboxylic acids is 2. The van der Waals surface area contributed by atoms with E-state index in [9.17, 15) is 9.59 Å². The number of ether oxygens (including phenoxy) is 1. The van der Waals surface area contributed by atoms with Crippen LogP contribution in [0.3, 0.4) is 0 Å². The molecule has 3 amide bonds. The highest BCUT2D eigenvalue weighted by Gasteiger charge is 2.48. The third-order valence-corrected chi connectivity index (χ3v) is 6.88. The average molecular weight is 378 g/mol. The Bertz CT molecular complexity index is 666. The topological polar surface area (TPSA) is 61.9 Å². The Balaban J connectivity index is 1.63. The van der Waals surface area contributed by atoms with E-state index in [-0.39, 0.29) is 16.8 Å². The minimum absolute atomic E-state index is 0.0602. The number of urea groups is 1. The van der Waals surface area contributed by atoms with E-state index in [2.05, 4.69) is 5.32 Å². The summed E-state index contributed by atoms with van der Waals surface area (Å²) in [5.74, 6) is 0.707. The highest BCUT2D eigenvalue weighted by molar-refractivity contribution is 8.01. The monoisotopic (exact) mass is 377 g/mol. The molecule has 0 radical (unpaired) electrons. The van der Waals surface area contributed by atoms with Crippen molar-refractivity contribution in [1.82, 2.24) is 9.80 Å². The lowest BCUT2D eigenvalue weighted by Crippen LogP contribution is -2.54. The second-order valence-corrected chi connectivity index (χ2v) is 8.29. The van der Waals surface area contributed by atoms with Crippen LogP contribution in [0.25, 0.3) is 0 Å². The molecule has 2 heterocycles. The third kappa shape index (κ3) is 3.69. The van der Waals surface area contributed by atoms with Crippen molar-refractivity contribution < 1.29 is 14.3 Å². The molecule has 7 heteroatoms. The molecule has 26 heavy (non-hydrogen) atoms. The molecule has 0 atom stereocenters. The summed E-state index contributed by atoms with van der Waals surface area (Å²) in [6.45, 7) is 6.48. The number of thioether (sulfide) groups is 1. The number of rotatable bonds is 4. The Kier molecular flexibility index (Phi) is 5.77. The number of methoxy groups -OCH3 is 1. The van der Waals surface area contributed by atoms with Crippen molar-refractivity contribution in [1.29, 1.82) is 0 Å². The van der Waals surface area contributed by atoms with Gasteiger partial charge in [0.15, 0.2) is 0 Å². The van der Waals surface area contributed by atoms with Crippen LogP contribution in [0.1, 0.15) is 24.0 Å². The van der Waals surface area contributed by atoms with Gasteiger partial charge in [-0.25, -0.2) is 4.79 Å². The van der Waals surface area contributed by atoms with E-state index in [1.54, 1.807) is 18.9 Å². The van der Waals surface area contributed by atoms with E-state index in [0.717, 1.165) is 29.7 Å². The largest absolute Gasteiger partial charge is 0.383 e. The lowest BCUT2D eigenvalue weighted by molar-refractivity contribution is -0.131. The van der Waals surface area contributed by atoms with Gasteiger partial charge in [0.05, 0.1) is 17.2 Å². The zero-order valence-electron chi connectivity index (χ0n) is 15.7. The molecule has 6 nitrogen and oxygen atoms in total. The van der Waals surface area contributed by atoms with Crippen molar-refractivity contribution in [3.8, 4) is 0 Å². The van der Waals surface area contributed by atoms with Gasteiger partial charge in [0.2, 0.25) is 5.91 Å². The van der Waals surface area contributed by atoms with Gasteiger partial charge in [0, 0.05) is 32.4 Å². The summed E-state index contributed by atoms with van der Waals surface area (Å²) in [6, 6.07) is 5.94. The SMILES string of the molecule is COCCN1C(=O)CSC12CCN(C(=O)Nc1c(C)cccc1C)CC2. The van der Waals surface area contributed by atoms with Gasteiger partial charge < -0.3 is 19.9 Å². The Hall–Kier alpha value is -1.73. The fourth-order valence-electron chi connectivity index (χ4n) is 3.76. The zero-order chi connectivity index (χ0) is 18.7. The molecule has 1 aromatic rings. The second kappa shape index (κ2) is 7.88. The molecular formula is C19H27N3O3S. The molecule has 2 aliphatic rings. The van der Waals surface area contributed by atoms with Gasteiger partial charge in [-0.05, 0) is 37.8 Å². The fraction of sp³-hybridized carbons (Fsp3) is 0.579. The van der Waals surface area contributed by atoms with Gasteiger partial charge in [-0.3, -0.25) is 4.79 Å². The number of piperidine rings is 1. The van der Waals surface area contributed by atoms with Crippen LogP contribution < -0.4 is 5.32 Å². The number of amides is 3. The van der Waals surface area contributed by atoms with Crippen LogP contribution in [-0.4, -0.2) is 65.7 Å². The van der Waals surface area contributed by atoms with Gasteiger partial charge in [-0.2, -0.15) is 0 Å². The number of nitrogens with one attached hydrogen (secondary N) is 1. The number of para-hydroxylation sites is 1. The number of aryl methyl sites for hydroxylation is 2. The van der Waals surface area contributed by atoms with Crippen LogP contribution in [0.2, 0.25) is 0 Å². The maximum absolute atomic E-state index is 12.7. The van der Waals surface area contributed by atoms with Gasteiger partial charge >= 0.3 is 6.03 Å². The maximum atomic E-state index is 12.7.